The molecule has 1 spiro atoms. The Balaban J connectivity index is 1.62. The Morgan fingerprint density at radius 2 is 1.48 bits per heavy atom. The van der Waals surface area contributed by atoms with E-state index in [9.17, 15) is 4.79 Å². The highest BCUT2D eigenvalue weighted by molar-refractivity contribution is 9.10. The minimum Gasteiger partial charge on any atom is -0.461 e. The van der Waals surface area contributed by atoms with Gasteiger partial charge in [-0.1, -0.05) is 89.6 Å². The number of benzene rings is 4. The van der Waals surface area contributed by atoms with Crippen molar-refractivity contribution in [3.63, 3.8) is 0 Å². The lowest BCUT2D eigenvalue weighted by Gasteiger charge is -2.47. The van der Waals surface area contributed by atoms with Gasteiger partial charge in [-0.15, -0.1) is 0 Å². The van der Waals surface area contributed by atoms with Crippen molar-refractivity contribution in [2.24, 2.45) is 10.2 Å². The van der Waals surface area contributed by atoms with Gasteiger partial charge in [0.05, 0.1) is 23.7 Å². The summed E-state index contributed by atoms with van der Waals surface area (Å²) in [6, 6.07) is 34.7. The molecule has 0 unspecified atom stereocenters. The molecule has 0 saturated heterocycles. The summed E-state index contributed by atoms with van der Waals surface area (Å²) < 4.78 is 6.38. The molecule has 0 N–H and O–H groups in total. The molecule has 0 aromatic heterocycles. The number of hydrogen-bond donors (Lipinski definition) is 0. The number of carbonyl (C=O) groups is 1. The standard InChI is InChI=1S/C32H27BrN4O2S/c1-3-22-14-16-23(17-15-22)29-27-12-8-9-13-28(27)32(36(34-29)25-10-6-5-7-11-25)37(26-20-18-24(33)19-21-26)35-30(40-32)31(38)39-4-2/h5-21H,3-4H2,1-2H3/t32-/m0/s1. The maximum atomic E-state index is 13.1. The quantitative estimate of drug-likeness (QED) is 0.211. The van der Waals surface area contributed by atoms with Crippen molar-refractivity contribution >= 4 is 55.8 Å². The zero-order chi connectivity index (χ0) is 27.7. The molecule has 2 heterocycles. The Bertz CT molecular complexity index is 1610. The number of hydrogen-bond acceptors (Lipinski definition) is 7. The van der Waals surface area contributed by atoms with E-state index in [1.165, 1.54) is 17.3 Å². The first-order valence-corrected chi connectivity index (χ1v) is 14.8. The van der Waals surface area contributed by atoms with Crippen molar-refractivity contribution in [1.29, 1.82) is 0 Å². The number of ether oxygens (including phenoxy) is 1. The van der Waals surface area contributed by atoms with Crippen molar-refractivity contribution in [3.05, 3.63) is 130 Å². The summed E-state index contributed by atoms with van der Waals surface area (Å²) in [6.45, 7) is 4.21. The zero-order valence-corrected chi connectivity index (χ0v) is 24.5. The van der Waals surface area contributed by atoms with Crippen molar-refractivity contribution in [2.45, 2.75) is 25.3 Å². The minimum atomic E-state index is -1.03. The van der Waals surface area contributed by atoms with Gasteiger partial charge in [0.15, 0.2) is 0 Å². The van der Waals surface area contributed by atoms with E-state index in [-0.39, 0.29) is 11.7 Å². The van der Waals surface area contributed by atoms with Crippen LogP contribution in [-0.4, -0.2) is 23.3 Å². The van der Waals surface area contributed by atoms with Crippen LogP contribution in [0.4, 0.5) is 11.4 Å². The molecule has 200 valence electrons. The highest BCUT2D eigenvalue weighted by atomic mass is 79.9. The molecule has 6 rings (SSSR count). The van der Waals surface area contributed by atoms with E-state index >= 15 is 0 Å². The first kappa shape index (κ1) is 26.3. The third kappa shape index (κ3) is 4.51. The predicted molar refractivity (Wildman–Crippen MR) is 167 cm³/mol. The Morgan fingerprint density at radius 3 is 2.17 bits per heavy atom. The molecular weight excluding hydrogens is 584 g/mol. The molecule has 2 aliphatic rings. The zero-order valence-electron chi connectivity index (χ0n) is 22.1. The van der Waals surface area contributed by atoms with E-state index in [1.807, 2.05) is 76.7 Å². The average molecular weight is 612 g/mol. The fourth-order valence-corrected chi connectivity index (χ4v) is 6.52. The van der Waals surface area contributed by atoms with E-state index < -0.39 is 11.0 Å². The third-order valence-corrected chi connectivity index (χ3v) is 8.72. The predicted octanol–water partition coefficient (Wildman–Crippen LogP) is 7.52. The van der Waals surface area contributed by atoms with Gasteiger partial charge in [-0.2, -0.15) is 10.2 Å². The Kier molecular flexibility index (Phi) is 7.21. The summed E-state index contributed by atoms with van der Waals surface area (Å²) in [5, 5.41) is 14.4. The largest absolute Gasteiger partial charge is 0.461 e. The average Bonchev–Trinajstić information content (AvgIpc) is 3.39. The van der Waals surface area contributed by atoms with Gasteiger partial charge in [0.25, 0.3) is 0 Å². The fraction of sp³-hybridized carbons (Fsp3) is 0.156. The molecule has 0 bridgehead atoms. The first-order valence-electron chi connectivity index (χ1n) is 13.2. The second-order valence-electron chi connectivity index (χ2n) is 9.32. The number of anilines is 2. The normalized spacial score (nSPS) is 17.9. The molecule has 8 heteroatoms. The smallest absolute Gasteiger partial charge is 0.365 e. The number of hydrazone groups is 2. The number of aryl methyl sites for hydroxylation is 1. The highest BCUT2D eigenvalue weighted by Crippen LogP contribution is 2.55. The van der Waals surface area contributed by atoms with Crippen LogP contribution >= 0.6 is 27.7 Å². The lowest BCUT2D eigenvalue weighted by molar-refractivity contribution is -0.134. The second kappa shape index (κ2) is 10.9. The van der Waals surface area contributed by atoms with Crippen LogP contribution < -0.4 is 10.0 Å². The van der Waals surface area contributed by atoms with Gasteiger partial charge in [0.1, 0.15) is 0 Å². The minimum absolute atomic E-state index is 0.263. The third-order valence-electron chi connectivity index (χ3n) is 6.89. The van der Waals surface area contributed by atoms with E-state index in [2.05, 4.69) is 59.3 Å². The Morgan fingerprint density at radius 1 is 0.825 bits per heavy atom. The van der Waals surface area contributed by atoms with Crippen molar-refractivity contribution in [2.75, 3.05) is 16.6 Å². The number of esters is 1. The number of fused-ring (bicyclic) bond motifs is 2. The summed E-state index contributed by atoms with van der Waals surface area (Å²) in [6.07, 6.45) is 0.968. The lowest BCUT2D eigenvalue weighted by Crippen LogP contribution is -2.54. The molecule has 0 amide bonds. The van der Waals surface area contributed by atoms with Crippen LogP contribution in [0.15, 0.2) is 118 Å². The van der Waals surface area contributed by atoms with Crippen LogP contribution in [-0.2, 0) is 20.9 Å². The van der Waals surface area contributed by atoms with Crippen LogP contribution in [0.25, 0.3) is 0 Å². The molecular formula is C32H27BrN4O2S. The summed E-state index contributed by atoms with van der Waals surface area (Å²) in [5.41, 5.74) is 6.78. The molecule has 1 atom stereocenters. The summed E-state index contributed by atoms with van der Waals surface area (Å²) in [4.78, 5) is 12.1. The molecule has 2 aliphatic heterocycles. The maximum Gasteiger partial charge on any atom is 0.365 e. The van der Waals surface area contributed by atoms with E-state index in [0.29, 0.717) is 0 Å². The lowest BCUT2D eigenvalue weighted by atomic mass is 9.92. The highest BCUT2D eigenvalue weighted by Gasteiger charge is 2.56. The van der Waals surface area contributed by atoms with Gasteiger partial charge in [-0.3, -0.25) is 0 Å². The van der Waals surface area contributed by atoms with Crippen molar-refractivity contribution in [1.82, 2.24) is 0 Å². The Labute approximate surface area is 246 Å². The van der Waals surface area contributed by atoms with Crippen LogP contribution in [0.3, 0.4) is 0 Å². The van der Waals surface area contributed by atoms with Crippen LogP contribution in [0.5, 0.6) is 0 Å². The molecule has 0 fully saturated rings. The Hall–Kier alpha value is -3.88. The number of nitrogens with zero attached hydrogens (tertiary/aromatic N) is 4. The SMILES string of the molecule is CCOC(=O)C1=NN(c2ccc(Br)cc2)[C@]2(S1)c1ccccc1C(c1ccc(CC)cc1)=NN2c1ccccc1. The molecule has 6 nitrogen and oxygen atoms in total. The monoisotopic (exact) mass is 610 g/mol. The van der Waals surface area contributed by atoms with Crippen LogP contribution in [0.1, 0.15) is 36.1 Å². The van der Waals surface area contributed by atoms with Gasteiger partial charge < -0.3 is 4.74 Å². The number of carbonyl (C=O) groups excluding carboxylic acids is 1. The number of thioether (sulfide) groups is 1. The number of rotatable bonds is 6. The summed E-state index contributed by atoms with van der Waals surface area (Å²) in [5.74, 6) is -0.457. The van der Waals surface area contributed by atoms with Gasteiger partial charge in [-0.05, 0) is 67.1 Å². The molecule has 40 heavy (non-hydrogen) atoms. The first-order chi connectivity index (χ1) is 19.5. The van der Waals surface area contributed by atoms with E-state index in [0.717, 1.165) is 44.7 Å². The molecule has 4 aromatic rings. The molecule has 0 radical (unpaired) electrons. The van der Waals surface area contributed by atoms with Gasteiger partial charge in [0.2, 0.25) is 10.0 Å². The van der Waals surface area contributed by atoms with Crippen LogP contribution in [0.2, 0.25) is 0 Å². The molecule has 0 aliphatic carbocycles. The van der Waals surface area contributed by atoms with Crippen LogP contribution in [0, 0.1) is 0 Å². The van der Waals surface area contributed by atoms with Crippen molar-refractivity contribution in [3.8, 4) is 0 Å². The van der Waals surface area contributed by atoms with E-state index in [4.69, 9.17) is 14.9 Å². The maximum absolute atomic E-state index is 13.1. The molecule has 0 saturated carbocycles. The fourth-order valence-electron chi connectivity index (χ4n) is 4.97. The number of para-hydroxylation sites is 1. The summed E-state index contributed by atoms with van der Waals surface area (Å²) >= 11 is 4.90. The number of halogens is 1. The molecule has 4 aromatic carbocycles. The van der Waals surface area contributed by atoms with Gasteiger partial charge in [-0.25, -0.2) is 14.8 Å². The summed E-state index contributed by atoms with van der Waals surface area (Å²) in [7, 11) is 0. The second-order valence-corrected chi connectivity index (χ2v) is 11.4. The van der Waals surface area contributed by atoms with Gasteiger partial charge in [0, 0.05) is 21.2 Å². The van der Waals surface area contributed by atoms with Gasteiger partial charge >= 0.3 is 5.97 Å². The topological polar surface area (TPSA) is 57.5 Å². The van der Waals surface area contributed by atoms with Crippen molar-refractivity contribution < 1.29 is 9.53 Å². The van der Waals surface area contributed by atoms with E-state index in [1.54, 1.807) is 6.92 Å².